The number of nitrogens with zero attached hydrogens (tertiary/aromatic N) is 1. The molecule has 2 rings (SSSR count). The maximum Gasteiger partial charge on any atom is 0.220 e. The Bertz CT molecular complexity index is 395. The number of pyridine rings is 1. The number of carbonyl (C=O) groups is 1. The van der Waals surface area contributed by atoms with Gasteiger partial charge in [-0.3, -0.25) is 9.78 Å². The molecule has 80 valence electrons. The van der Waals surface area contributed by atoms with Crippen LogP contribution in [0.2, 0.25) is 0 Å². The second-order valence-corrected chi connectivity index (χ2v) is 3.45. The fourth-order valence-electron chi connectivity index (χ4n) is 1.64. The zero-order valence-electron chi connectivity index (χ0n) is 8.29. The molecule has 0 aliphatic carbocycles. The number of methoxy groups -OCH3 is 1. The minimum absolute atomic E-state index is 0.0583. The fourth-order valence-corrected chi connectivity index (χ4v) is 1.64. The molecule has 1 atom stereocenters. The molecule has 1 aromatic heterocycles. The van der Waals surface area contributed by atoms with Crippen molar-refractivity contribution in [2.45, 2.75) is 12.3 Å². The molecule has 1 fully saturated rings. The Morgan fingerprint density at radius 2 is 2.47 bits per heavy atom. The maximum absolute atomic E-state index is 13.5. The molecule has 2 heterocycles. The molecule has 5 heteroatoms. The van der Waals surface area contributed by atoms with Gasteiger partial charge in [0.1, 0.15) is 11.6 Å². The Kier molecular flexibility index (Phi) is 2.53. The Labute approximate surface area is 86.5 Å². The molecule has 4 nitrogen and oxygen atoms in total. The summed E-state index contributed by atoms with van der Waals surface area (Å²) in [5.41, 5.74) is 0.328. The Morgan fingerprint density at radius 1 is 1.67 bits per heavy atom. The average Bonchev–Trinajstić information content (AvgIpc) is 2.64. The minimum Gasteiger partial charge on any atom is -0.495 e. The topological polar surface area (TPSA) is 51.2 Å². The summed E-state index contributed by atoms with van der Waals surface area (Å²) in [5.74, 6) is -0.259. The number of ether oxygens (including phenoxy) is 1. The van der Waals surface area contributed by atoms with Crippen molar-refractivity contribution in [3.8, 4) is 5.75 Å². The van der Waals surface area contributed by atoms with E-state index in [9.17, 15) is 9.18 Å². The first-order valence-electron chi connectivity index (χ1n) is 4.67. The number of carbonyl (C=O) groups excluding carboxylic acids is 1. The van der Waals surface area contributed by atoms with Gasteiger partial charge in [0.15, 0.2) is 0 Å². The van der Waals surface area contributed by atoms with Crippen molar-refractivity contribution in [3.05, 3.63) is 23.8 Å². The summed E-state index contributed by atoms with van der Waals surface area (Å²) < 4.78 is 18.4. The van der Waals surface area contributed by atoms with Crippen LogP contribution in [0.1, 0.15) is 18.0 Å². The smallest absolute Gasteiger partial charge is 0.220 e. The molecule has 1 N–H and O–H groups in total. The van der Waals surface area contributed by atoms with Crippen molar-refractivity contribution < 1.29 is 13.9 Å². The van der Waals surface area contributed by atoms with Crippen LogP contribution in [-0.2, 0) is 4.79 Å². The number of nitrogens with one attached hydrogen (secondary N) is 1. The van der Waals surface area contributed by atoms with Gasteiger partial charge >= 0.3 is 0 Å². The van der Waals surface area contributed by atoms with Crippen molar-refractivity contribution in [2.75, 3.05) is 13.7 Å². The Morgan fingerprint density at radius 3 is 3.00 bits per heavy atom. The number of amides is 1. The molecule has 1 amide bonds. The van der Waals surface area contributed by atoms with E-state index in [1.54, 1.807) is 0 Å². The summed E-state index contributed by atoms with van der Waals surface area (Å²) in [6.07, 6.45) is 1.76. The third-order valence-corrected chi connectivity index (χ3v) is 2.44. The molecule has 1 unspecified atom stereocenters. The summed E-state index contributed by atoms with van der Waals surface area (Å²) >= 11 is 0. The molecule has 0 bridgehead atoms. The van der Waals surface area contributed by atoms with Gasteiger partial charge < -0.3 is 10.1 Å². The van der Waals surface area contributed by atoms with Crippen LogP contribution in [0.25, 0.3) is 0 Å². The average molecular weight is 210 g/mol. The lowest BCUT2D eigenvalue weighted by Gasteiger charge is -2.08. The first kappa shape index (κ1) is 9.89. The molecular formula is C10H11FN2O2. The van der Waals surface area contributed by atoms with E-state index >= 15 is 0 Å². The summed E-state index contributed by atoms with van der Waals surface area (Å²) in [5, 5.41) is 2.65. The monoisotopic (exact) mass is 210 g/mol. The van der Waals surface area contributed by atoms with E-state index in [2.05, 4.69) is 10.3 Å². The van der Waals surface area contributed by atoms with Crippen LogP contribution in [0.3, 0.4) is 0 Å². The summed E-state index contributed by atoms with van der Waals surface area (Å²) in [4.78, 5) is 14.9. The zero-order chi connectivity index (χ0) is 10.8. The molecule has 0 spiro atoms. The predicted molar refractivity (Wildman–Crippen MR) is 51.1 cm³/mol. The molecule has 0 aromatic carbocycles. The van der Waals surface area contributed by atoms with Crippen molar-refractivity contribution in [3.63, 3.8) is 0 Å². The summed E-state index contributed by atoms with van der Waals surface area (Å²) in [6, 6.07) is 1.28. The number of halogens is 1. The molecular weight excluding hydrogens is 199 g/mol. The lowest BCUT2D eigenvalue weighted by Crippen LogP contribution is -2.14. The van der Waals surface area contributed by atoms with Crippen LogP contribution in [0.4, 0.5) is 4.39 Å². The first-order valence-corrected chi connectivity index (χ1v) is 4.67. The maximum atomic E-state index is 13.5. The lowest BCUT2D eigenvalue weighted by atomic mass is 10.0. The number of hydrogen-bond acceptors (Lipinski definition) is 3. The van der Waals surface area contributed by atoms with E-state index in [0.29, 0.717) is 24.4 Å². The molecule has 0 radical (unpaired) electrons. The molecule has 1 aliphatic heterocycles. The quantitative estimate of drug-likeness (QED) is 0.786. The van der Waals surface area contributed by atoms with Crippen LogP contribution in [0.5, 0.6) is 5.75 Å². The molecule has 1 aromatic rings. The largest absolute Gasteiger partial charge is 0.495 e. The predicted octanol–water partition coefficient (Wildman–Crippen LogP) is 0.833. The lowest BCUT2D eigenvalue weighted by molar-refractivity contribution is -0.119. The SMILES string of the molecule is COc1cnc(C2CNC(=O)C2)c(F)c1. The van der Waals surface area contributed by atoms with E-state index in [1.165, 1.54) is 19.4 Å². The van der Waals surface area contributed by atoms with Crippen LogP contribution < -0.4 is 10.1 Å². The number of aromatic nitrogens is 1. The standard InChI is InChI=1S/C10H11FN2O2/c1-15-7-3-8(11)10(13-5-7)6-2-9(14)12-4-6/h3,5-6H,2,4H2,1H3,(H,12,14). The highest BCUT2D eigenvalue weighted by Gasteiger charge is 2.26. The van der Waals surface area contributed by atoms with E-state index in [-0.39, 0.29) is 11.8 Å². The van der Waals surface area contributed by atoms with Crippen molar-refractivity contribution >= 4 is 5.91 Å². The van der Waals surface area contributed by atoms with Gasteiger partial charge in [-0.1, -0.05) is 0 Å². The fraction of sp³-hybridized carbons (Fsp3) is 0.400. The van der Waals surface area contributed by atoms with Crippen LogP contribution >= 0.6 is 0 Å². The van der Waals surface area contributed by atoms with Crippen LogP contribution in [0.15, 0.2) is 12.3 Å². The van der Waals surface area contributed by atoms with E-state index in [0.717, 1.165) is 0 Å². The zero-order valence-corrected chi connectivity index (χ0v) is 8.29. The van der Waals surface area contributed by atoms with Crippen molar-refractivity contribution in [1.29, 1.82) is 0 Å². The van der Waals surface area contributed by atoms with Crippen LogP contribution in [-0.4, -0.2) is 24.5 Å². The van der Waals surface area contributed by atoms with Gasteiger partial charge in [0.25, 0.3) is 0 Å². The van der Waals surface area contributed by atoms with Crippen molar-refractivity contribution in [2.24, 2.45) is 0 Å². The first-order chi connectivity index (χ1) is 7.20. The van der Waals surface area contributed by atoms with Gasteiger partial charge in [0.05, 0.1) is 19.0 Å². The number of rotatable bonds is 2. The Hall–Kier alpha value is -1.65. The molecule has 0 saturated carbocycles. The van der Waals surface area contributed by atoms with Gasteiger partial charge in [0, 0.05) is 24.9 Å². The number of hydrogen-bond donors (Lipinski definition) is 1. The normalized spacial score (nSPS) is 20.1. The van der Waals surface area contributed by atoms with Gasteiger partial charge in [-0.2, -0.15) is 0 Å². The molecule has 1 aliphatic rings. The van der Waals surface area contributed by atoms with E-state index in [1.807, 2.05) is 0 Å². The van der Waals surface area contributed by atoms with Crippen LogP contribution in [0, 0.1) is 5.82 Å². The highest BCUT2D eigenvalue weighted by molar-refractivity contribution is 5.79. The highest BCUT2D eigenvalue weighted by atomic mass is 19.1. The van der Waals surface area contributed by atoms with Gasteiger partial charge in [0.2, 0.25) is 5.91 Å². The Balaban J connectivity index is 2.25. The van der Waals surface area contributed by atoms with E-state index in [4.69, 9.17) is 4.74 Å². The highest BCUT2D eigenvalue weighted by Crippen LogP contribution is 2.25. The third-order valence-electron chi connectivity index (χ3n) is 2.44. The second-order valence-electron chi connectivity index (χ2n) is 3.45. The summed E-state index contributed by atoms with van der Waals surface area (Å²) in [7, 11) is 1.46. The third kappa shape index (κ3) is 1.91. The van der Waals surface area contributed by atoms with E-state index < -0.39 is 5.82 Å². The van der Waals surface area contributed by atoms with Crippen molar-refractivity contribution in [1.82, 2.24) is 10.3 Å². The van der Waals surface area contributed by atoms with Gasteiger partial charge in [-0.25, -0.2) is 4.39 Å². The molecule has 1 saturated heterocycles. The summed E-state index contributed by atoms with van der Waals surface area (Å²) in [6.45, 7) is 0.453. The molecule has 15 heavy (non-hydrogen) atoms. The minimum atomic E-state index is -0.421. The van der Waals surface area contributed by atoms with Gasteiger partial charge in [-0.05, 0) is 0 Å². The second kappa shape index (κ2) is 3.84. The van der Waals surface area contributed by atoms with Gasteiger partial charge in [-0.15, -0.1) is 0 Å².